The number of rotatable bonds is 6. The maximum absolute atomic E-state index is 13.3. The SMILES string of the molecule is CCCC1(CNCc2cc(F)ccc2F)CC1. The zero-order chi connectivity index (χ0) is 12.3. The highest BCUT2D eigenvalue weighted by atomic mass is 19.1. The van der Waals surface area contributed by atoms with Crippen LogP contribution in [0.5, 0.6) is 0 Å². The first-order valence-corrected chi connectivity index (χ1v) is 6.30. The molecule has 0 heterocycles. The van der Waals surface area contributed by atoms with Gasteiger partial charge in [0, 0.05) is 18.7 Å². The van der Waals surface area contributed by atoms with Gasteiger partial charge in [0.15, 0.2) is 0 Å². The van der Waals surface area contributed by atoms with E-state index in [4.69, 9.17) is 0 Å². The Kier molecular flexibility index (Phi) is 3.77. The third-order valence-corrected chi connectivity index (χ3v) is 3.56. The summed E-state index contributed by atoms with van der Waals surface area (Å²) in [5.41, 5.74) is 0.857. The van der Waals surface area contributed by atoms with Crippen LogP contribution in [0.4, 0.5) is 8.78 Å². The number of hydrogen-bond acceptors (Lipinski definition) is 1. The molecular formula is C14H19F2N. The molecule has 1 fully saturated rings. The molecule has 1 N–H and O–H groups in total. The maximum Gasteiger partial charge on any atom is 0.127 e. The molecule has 0 bridgehead atoms. The van der Waals surface area contributed by atoms with Crippen LogP contribution in [-0.2, 0) is 6.54 Å². The lowest BCUT2D eigenvalue weighted by Gasteiger charge is -2.15. The normalized spacial score (nSPS) is 17.1. The van der Waals surface area contributed by atoms with Gasteiger partial charge in [-0.1, -0.05) is 13.3 Å². The van der Waals surface area contributed by atoms with Crippen LogP contribution in [0.15, 0.2) is 18.2 Å². The molecule has 17 heavy (non-hydrogen) atoms. The number of benzene rings is 1. The number of halogens is 2. The van der Waals surface area contributed by atoms with Crippen molar-refractivity contribution in [2.75, 3.05) is 6.54 Å². The van der Waals surface area contributed by atoms with Crippen LogP contribution in [0, 0.1) is 17.0 Å². The average Bonchev–Trinajstić information content (AvgIpc) is 3.04. The first kappa shape index (κ1) is 12.5. The molecule has 1 aliphatic carbocycles. The van der Waals surface area contributed by atoms with Crippen LogP contribution >= 0.6 is 0 Å². The molecule has 0 radical (unpaired) electrons. The Bertz CT molecular complexity index is 386. The van der Waals surface area contributed by atoms with E-state index >= 15 is 0 Å². The lowest BCUT2D eigenvalue weighted by Crippen LogP contribution is -2.24. The molecular weight excluding hydrogens is 220 g/mol. The highest BCUT2D eigenvalue weighted by Gasteiger charge is 2.40. The van der Waals surface area contributed by atoms with Gasteiger partial charge in [0.2, 0.25) is 0 Å². The maximum atomic E-state index is 13.3. The summed E-state index contributed by atoms with van der Waals surface area (Å²) >= 11 is 0. The van der Waals surface area contributed by atoms with E-state index in [1.165, 1.54) is 37.8 Å². The summed E-state index contributed by atoms with van der Waals surface area (Å²) in [7, 11) is 0. The predicted octanol–water partition coefficient (Wildman–Crippen LogP) is 3.63. The molecule has 94 valence electrons. The minimum atomic E-state index is -0.377. The summed E-state index contributed by atoms with van der Waals surface area (Å²) in [5, 5.41) is 3.25. The van der Waals surface area contributed by atoms with Crippen molar-refractivity contribution >= 4 is 0 Å². The molecule has 0 aromatic heterocycles. The van der Waals surface area contributed by atoms with Gasteiger partial charge in [-0.25, -0.2) is 8.78 Å². The Labute approximate surface area is 101 Å². The monoisotopic (exact) mass is 239 g/mol. The summed E-state index contributed by atoms with van der Waals surface area (Å²) in [6, 6.07) is 3.60. The quantitative estimate of drug-likeness (QED) is 0.799. The van der Waals surface area contributed by atoms with Crippen LogP contribution in [0.2, 0.25) is 0 Å². The largest absolute Gasteiger partial charge is 0.312 e. The van der Waals surface area contributed by atoms with Crippen molar-refractivity contribution in [3.05, 3.63) is 35.4 Å². The first-order valence-electron chi connectivity index (χ1n) is 6.30. The van der Waals surface area contributed by atoms with E-state index in [9.17, 15) is 8.78 Å². The molecule has 3 heteroatoms. The molecule has 0 spiro atoms. The summed E-state index contributed by atoms with van der Waals surface area (Å²) in [4.78, 5) is 0. The Morgan fingerprint density at radius 2 is 2.06 bits per heavy atom. The van der Waals surface area contributed by atoms with Gasteiger partial charge in [0.1, 0.15) is 11.6 Å². The topological polar surface area (TPSA) is 12.0 Å². The molecule has 0 saturated heterocycles. The van der Waals surface area contributed by atoms with Crippen molar-refractivity contribution in [1.29, 1.82) is 0 Å². The van der Waals surface area contributed by atoms with Crippen molar-refractivity contribution in [1.82, 2.24) is 5.32 Å². The summed E-state index contributed by atoms with van der Waals surface area (Å²) in [6.45, 7) is 3.51. The minimum absolute atomic E-state index is 0.334. The molecule has 1 nitrogen and oxygen atoms in total. The molecule has 2 rings (SSSR count). The molecule has 0 atom stereocenters. The Morgan fingerprint density at radius 1 is 1.29 bits per heavy atom. The second kappa shape index (κ2) is 5.13. The van der Waals surface area contributed by atoms with Gasteiger partial charge in [0.25, 0.3) is 0 Å². The standard InChI is InChI=1S/C14H19F2N/c1-2-5-14(6-7-14)10-17-9-11-8-12(15)3-4-13(11)16/h3-4,8,17H,2,5-7,9-10H2,1H3. The molecule has 0 aliphatic heterocycles. The number of nitrogens with one attached hydrogen (secondary N) is 1. The average molecular weight is 239 g/mol. The fourth-order valence-electron chi connectivity index (χ4n) is 2.36. The second-order valence-electron chi connectivity index (χ2n) is 5.09. The van der Waals surface area contributed by atoms with Crippen molar-refractivity contribution < 1.29 is 8.78 Å². The van der Waals surface area contributed by atoms with Gasteiger partial charge in [-0.15, -0.1) is 0 Å². The van der Waals surface area contributed by atoms with E-state index in [1.807, 2.05) is 0 Å². The third-order valence-electron chi connectivity index (χ3n) is 3.56. The van der Waals surface area contributed by atoms with E-state index < -0.39 is 0 Å². The Hall–Kier alpha value is -0.960. The Balaban J connectivity index is 1.84. The fourth-order valence-corrected chi connectivity index (χ4v) is 2.36. The minimum Gasteiger partial charge on any atom is -0.312 e. The number of hydrogen-bond donors (Lipinski definition) is 1. The van der Waals surface area contributed by atoms with Gasteiger partial charge in [-0.2, -0.15) is 0 Å². The van der Waals surface area contributed by atoms with E-state index in [0.717, 1.165) is 12.6 Å². The molecule has 1 saturated carbocycles. The van der Waals surface area contributed by atoms with Gasteiger partial charge >= 0.3 is 0 Å². The molecule has 0 amide bonds. The Morgan fingerprint density at radius 3 is 2.71 bits per heavy atom. The van der Waals surface area contributed by atoms with E-state index in [0.29, 0.717) is 17.5 Å². The van der Waals surface area contributed by atoms with E-state index in [2.05, 4.69) is 12.2 Å². The molecule has 1 aromatic carbocycles. The molecule has 0 unspecified atom stereocenters. The van der Waals surface area contributed by atoms with Crippen LogP contribution in [0.3, 0.4) is 0 Å². The summed E-state index contributed by atoms with van der Waals surface area (Å²) in [5.74, 6) is -0.711. The van der Waals surface area contributed by atoms with Crippen LogP contribution < -0.4 is 5.32 Å². The third kappa shape index (κ3) is 3.25. The highest BCUT2D eigenvalue weighted by Crippen LogP contribution is 2.48. The van der Waals surface area contributed by atoms with Gasteiger partial charge in [-0.3, -0.25) is 0 Å². The fraction of sp³-hybridized carbons (Fsp3) is 0.571. The van der Waals surface area contributed by atoms with Crippen LogP contribution in [0.1, 0.15) is 38.2 Å². The molecule has 1 aromatic rings. The predicted molar refractivity (Wildman–Crippen MR) is 64.6 cm³/mol. The molecule has 1 aliphatic rings. The van der Waals surface area contributed by atoms with Gasteiger partial charge in [-0.05, 0) is 42.9 Å². The van der Waals surface area contributed by atoms with Crippen LogP contribution in [-0.4, -0.2) is 6.54 Å². The van der Waals surface area contributed by atoms with Crippen molar-refractivity contribution in [2.45, 2.75) is 39.2 Å². The van der Waals surface area contributed by atoms with Crippen molar-refractivity contribution in [2.24, 2.45) is 5.41 Å². The zero-order valence-corrected chi connectivity index (χ0v) is 10.2. The van der Waals surface area contributed by atoms with E-state index in [-0.39, 0.29) is 11.6 Å². The van der Waals surface area contributed by atoms with Crippen LogP contribution in [0.25, 0.3) is 0 Å². The van der Waals surface area contributed by atoms with E-state index in [1.54, 1.807) is 0 Å². The first-order chi connectivity index (χ1) is 8.15. The zero-order valence-electron chi connectivity index (χ0n) is 10.2. The summed E-state index contributed by atoms with van der Waals surface area (Å²) in [6.07, 6.45) is 4.95. The summed E-state index contributed by atoms with van der Waals surface area (Å²) < 4.78 is 26.3. The lowest BCUT2D eigenvalue weighted by atomic mass is 10.0. The van der Waals surface area contributed by atoms with Crippen molar-refractivity contribution in [3.8, 4) is 0 Å². The van der Waals surface area contributed by atoms with Crippen molar-refractivity contribution in [3.63, 3.8) is 0 Å². The second-order valence-corrected chi connectivity index (χ2v) is 5.09. The highest BCUT2D eigenvalue weighted by molar-refractivity contribution is 5.18. The smallest absolute Gasteiger partial charge is 0.127 e. The lowest BCUT2D eigenvalue weighted by molar-refractivity contribution is 0.418. The van der Waals surface area contributed by atoms with Gasteiger partial charge < -0.3 is 5.32 Å². The van der Waals surface area contributed by atoms with Gasteiger partial charge in [0.05, 0.1) is 0 Å².